The summed E-state index contributed by atoms with van der Waals surface area (Å²) in [5.74, 6) is 0. The van der Waals surface area contributed by atoms with E-state index >= 15 is 0 Å². The molecule has 3 heteroatoms. The molecular formula is C23H24N2O. The number of benzene rings is 3. The first-order chi connectivity index (χ1) is 12.5. The Labute approximate surface area is 155 Å². The average Bonchev–Trinajstić information content (AvgIpc) is 2.65. The van der Waals surface area contributed by atoms with E-state index in [4.69, 9.17) is 0 Å². The summed E-state index contributed by atoms with van der Waals surface area (Å²) in [6.07, 6.45) is 0. The van der Waals surface area contributed by atoms with Crippen molar-refractivity contribution >= 4 is 28.4 Å². The Morgan fingerprint density at radius 2 is 1.12 bits per heavy atom. The molecule has 0 saturated carbocycles. The van der Waals surface area contributed by atoms with E-state index in [2.05, 4.69) is 71.3 Å². The predicted octanol–water partition coefficient (Wildman–Crippen LogP) is 5.86. The molecular weight excluding hydrogens is 320 g/mol. The predicted molar refractivity (Wildman–Crippen MR) is 109 cm³/mol. The van der Waals surface area contributed by atoms with E-state index in [1.165, 1.54) is 11.4 Å². The fourth-order valence-electron chi connectivity index (χ4n) is 3.81. The van der Waals surface area contributed by atoms with Crippen molar-refractivity contribution < 1.29 is 5.11 Å². The minimum atomic E-state index is -0.928. The Kier molecular flexibility index (Phi) is 3.97. The molecule has 1 N–H and O–H groups in total. The van der Waals surface area contributed by atoms with Crippen molar-refractivity contribution in [3.05, 3.63) is 78.4 Å². The lowest BCUT2D eigenvalue weighted by atomic mass is 9.94. The number of fused-ring (bicyclic) bond motifs is 2. The van der Waals surface area contributed by atoms with Crippen LogP contribution in [0.1, 0.15) is 26.3 Å². The lowest BCUT2D eigenvalue weighted by molar-refractivity contribution is 0.0792. The average molecular weight is 344 g/mol. The minimum Gasteiger partial charge on any atom is -0.386 e. The largest absolute Gasteiger partial charge is 0.386 e. The van der Waals surface area contributed by atoms with Crippen LogP contribution in [-0.2, 0) is 5.60 Å². The first kappa shape index (κ1) is 16.7. The minimum absolute atomic E-state index is 0.898. The normalized spacial score (nSPS) is 13.4. The molecule has 0 saturated heterocycles. The molecule has 0 amide bonds. The number of para-hydroxylation sites is 5. The molecule has 0 aromatic heterocycles. The van der Waals surface area contributed by atoms with Gasteiger partial charge in [0.25, 0.3) is 0 Å². The van der Waals surface area contributed by atoms with Gasteiger partial charge in [-0.15, -0.1) is 0 Å². The van der Waals surface area contributed by atoms with Crippen molar-refractivity contribution in [1.29, 1.82) is 0 Å². The molecule has 0 unspecified atom stereocenters. The smallest absolute Gasteiger partial charge is 0.0860 e. The zero-order chi connectivity index (χ0) is 18.3. The molecule has 0 fully saturated rings. The number of anilines is 5. The Morgan fingerprint density at radius 1 is 0.692 bits per heavy atom. The Morgan fingerprint density at radius 3 is 1.58 bits per heavy atom. The van der Waals surface area contributed by atoms with Gasteiger partial charge < -0.3 is 14.9 Å². The second kappa shape index (κ2) is 6.19. The van der Waals surface area contributed by atoms with Gasteiger partial charge in [0.1, 0.15) is 0 Å². The van der Waals surface area contributed by atoms with E-state index in [0.717, 1.165) is 29.2 Å². The van der Waals surface area contributed by atoms with Gasteiger partial charge in [-0.1, -0.05) is 42.5 Å². The van der Waals surface area contributed by atoms with E-state index in [-0.39, 0.29) is 0 Å². The van der Waals surface area contributed by atoms with Gasteiger partial charge in [-0.3, -0.25) is 0 Å². The molecule has 3 aromatic carbocycles. The molecule has 3 aromatic rings. The third kappa shape index (κ3) is 2.56. The van der Waals surface area contributed by atoms with Gasteiger partial charge in [-0.25, -0.2) is 0 Å². The highest BCUT2D eigenvalue weighted by atomic mass is 16.3. The summed E-state index contributed by atoms with van der Waals surface area (Å²) < 4.78 is 0. The molecule has 0 bridgehead atoms. The lowest BCUT2D eigenvalue weighted by Crippen LogP contribution is -2.28. The van der Waals surface area contributed by atoms with Crippen molar-refractivity contribution in [2.24, 2.45) is 0 Å². The summed E-state index contributed by atoms with van der Waals surface area (Å²) in [5, 5.41) is 10.8. The second-order valence-electron chi connectivity index (χ2n) is 7.13. The quantitative estimate of drug-likeness (QED) is 0.645. The maximum atomic E-state index is 10.8. The van der Waals surface area contributed by atoms with Crippen LogP contribution in [0.3, 0.4) is 0 Å². The first-order valence-electron chi connectivity index (χ1n) is 9.10. The molecule has 1 heterocycles. The van der Waals surface area contributed by atoms with Crippen LogP contribution in [0.4, 0.5) is 28.4 Å². The van der Waals surface area contributed by atoms with Crippen LogP contribution in [0.15, 0.2) is 72.8 Å². The number of nitrogens with zero attached hydrogens (tertiary/aromatic N) is 2. The van der Waals surface area contributed by atoms with Crippen LogP contribution in [0.2, 0.25) is 0 Å². The van der Waals surface area contributed by atoms with Crippen LogP contribution in [0.25, 0.3) is 0 Å². The highest BCUT2D eigenvalue weighted by Crippen LogP contribution is 2.52. The van der Waals surface area contributed by atoms with Crippen LogP contribution >= 0.6 is 0 Å². The number of rotatable bonds is 3. The van der Waals surface area contributed by atoms with Gasteiger partial charge >= 0.3 is 0 Å². The van der Waals surface area contributed by atoms with E-state index < -0.39 is 5.60 Å². The van der Waals surface area contributed by atoms with Crippen molar-refractivity contribution in [3.63, 3.8) is 0 Å². The molecule has 132 valence electrons. The van der Waals surface area contributed by atoms with E-state index in [1.54, 1.807) is 0 Å². The molecule has 4 rings (SSSR count). The zero-order valence-electron chi connectivity index (χ0n) is 15.5. The fourth-order valence-corrected chi connectivity index (χ4v) is 3.81. The Bertz CT molecular complexity index is 895. The maximum absolute atomic E-state index is 10.8. The SMILES string of the molecule is CCN1c2ccccc2N(c2ccccc2C(C)(C)O)c2ccccc21. The second-order valence-corrected chi connectivity index (χ2v) is 7.13. The molecule has 1 aliphatic rings. The van der Waals surface area contributed by atoms with E-state index in [0.29, 0.717) is 0 Å². The zero-order valence-corrected chi connectivity index (χ0v) is 15.5. The lowest BCUT2D eigenvalue weighted by Gasteiger charge is -2.41. The van der Waals surface area contributed by atoms with Crippen molar-refractivity contribution in [1.82, 2.24) is 0 Å². The summed E-state index contributed by atoms with van der Waals surface area (Å²) in [6, 6.07) is 25.0. The Hall–Kier alpha value is -2.78. The standard InChI is InChI=1S/C23H24N2O/c1-4-24-19-13-7-9-15-21(19)25(22-16-10-8-14-20(22)24)18-12-6-5-11-17(18)23(2,3)26/h5-16,26H,4H2,1-3H3. The highest BCUT2D eigenvalue weighted by molar-refractivity contribution is 5.98. The van der Waals surface area contributed by atoms with Crippen molar-refractivity contribution in [2.45, 2.75) is 26.4 Å². The van der Waals surface area contributed by atoms with Gasteiger partial charge in [-0.05, 0) is 51.1 Å². The third-order valence-electron chi connectivity index (χ3n) is 4.95. The third-order valence-corrected chi connectivity index (χ3v) is 4.95. The van der Waals surface area contributed by atoms with Crippen LogP contribution in [0.5, 0.6) is 0 Å². The monoisotopic (exact) mass is 344 g/mol. The molecule has 3 nitrogen and oxygen atoms in total. The number of hydrogen-bond donors (Lipinski definition) is 1. The Balaban J connectivity index is 2.03. The highest BCUT2D eigenvalue weighted by Gasteiger charge is 2.31. The van der Waals surface area contributed by atoms with Crippen LogP contribution in [0, 0.1) is 0 Å². The van der Waals surface area contributed by atoms with Crippen molar-refractivity contribution in [2.75, 3.05) is 16.3 Å². The maximum Gasteiger partial charge on any atom is 0.0860 e. The molecule has 1 aliphatic heterocycles. The van der Waals surface area contributed by atoms with E-state index in [1.807, 2.05) is 32.0 Å². The fraction of sp³-hybridized carbons (Fsp3) is 0.217. The molecule has 0 radical (unpaired) electrons. The van der Waals surface area contributed by atoms with Crippen LogP contribution < -0.4 is 9.80 Å². The molecule has 26 heavy (non-hydrogen) atoms. The number of hydrogen-bond acceptors (Lipinski definition) is 3. The first-order valence-corrected chi connectivity index (χ1v) is 9.10. The molecule has 0 aliphatic carbocycles. The summed E-state index contributed by atoms with van der Waals surface area (Å²) in [4.78, 5) is 4.61. The summed E-state index contributed by atoms with van der Waals surface area (Å²) >= 11 is 0. The van der Waals surface area contributed by atoms with Gasteiger partial charge in [0.05, 0.1) is 34.0 Å². The number of aliphatic hydroxyl groups is 1. The molecule has 0 spiro atoms. The van der Waals surface area contributed by atoms with Crippen LogP contribution in [-0.4, -0.2) is 11.7 Å². The van der Waals surface area contributed by atoms with Gasteiger partial charge in [0, 0.05) is 12.1 Å². The summed E-state index contributed by atoms with van der Waals surface area (Å²) in [6.45, 7) is 6.75. The van der Waals surface area contributed by atoms with Gasteiger partial charge in [0.15, 0.2) is 0 Å². The van der Waals surface area contributed by atoms with E-state index in [9.17, 15) is 5.11 Å². The van der Waals surface area contributed by atoms with Crippen molar-refractivity contribution in [3.8, 4) is 0 Å². The summed E-state index contributed by atoms with van der Waals surface area (Å²) in [7, 11) is 0. The summed E-state index contributed by atoms with van der Waals surface area (Å²) in [5.41, 5.74) is 5.61. The van der Waals surface area contributed by atoms with Gasteiger partial charge in [-0.2, -0.15) is 0 Å². The topological polar surface area (TPSA) is 26.7 Å². The van der Waals surface area contributed by atoms with Gasteiger partial charge in [0.2, 0.25) is 0 Å². The molecule has 0 atom stereocenters.